The van der Waals surface area contributed by atoms with Gasteiger partial charge < -0.3 is 10.1 Å². The topological polar surface area (TPSA) is 38.3 Å². The summed E-state index contributed by atoms with van der Waals surface area (Å²) in [6, 6.07) is -0.142. The van der Waals surface area contributed by atoms with Crippen molar-refractivity contribution in [2.75, 3.05) is 13.7 Å². The minimum absolute atomic E-state index is 0.134. The first-order chi connectivity index (χ1) is 7.67. The summed E-state index contributed by atoms with van der Waals surface area (Å²) in [6.45, 7) is 7.29. The van der Waals surface area contributed by atoms with Gasteiger partial charge in [0.05, 0.1) is 7.11 Å². The van der Waals surface area contributed by atoms with Crippen LogP contribution in [0.25, 0.3) is 0 Å². The molecule has 0 aromatic heterocycles. The third kappa shape index (κ3) is 6.11. The highest BCUT2D eigenvalue weighted by molar-refractivity contribution is 5.75. The second-order valence-electron chi connectivity index (χ2n) is 4.40. The van der Waals surface area contributed by atoms with Crippen molar-refractivity contribution in [3.05, 3.63) is 0 Å². The van der Waals surface area contributed by atoms with E-state index in [1.54, 1.807) is 0 Å². The van der Waals surface area contributed by atoms with Crippen LogP contribution in [0.1, 0.15) is 52.9 Å². The number of hydrogen-bond acceptors (Lipinski definition) is 3. The van der Waals surface area contributed by atoms with Crippen molar-refractivity contribution in [3.63, 3.8) is 0 Å². The average Bonchev–Trinajstić information content (AvgIpc) is 2.32. The second kappa shape index (κ2) is 9.64. The number of carbonyl (C=O) groups is 1. The summed E-state index contributed by atoms with van der Waals surface area (Å²) in [5, 5.41) is 3.31. The van der Waals surface area contributed by atoms with E-state index in [1.165, 1.54) is 26.4 Å². The molecular weight excluding hydrogens is 202 g/mol. The summed E-state index contributed by atoms with van der Waals surface area (Å²) in [5.74, 6) is 0.198. The Bertz CT molecular complexity index is 183. The molecule has 16 heavy (non-hydrogen) atoms. The van der Waals surface area contributed by atoms with Crippen LogP contribution in [0.15, 0.2) is 0 Å². The van der Waals surface area contributed by atoms with Gasteiger partial charge in [-0.25, -0.2) is 0 Å². The predicted molar refractivity (Wildman–Crippen MR) is 67.4 cm³/mol. The molecule has 0 aliphatic heterocycles. The Hall–Kier alpha value is -0.570. The highest BCUT2D eigenvalue weighted by Crippen LogP contribution is 2.09. The van der Waals surface area contributed by atoms with Gasteiger partial charge in [-0.05, 0) is 18.9 Å². The zero-order valence-electron chi connectivity index (χ0n) is 11.2. The van der Waals surface area contributed by atoms with Gasteiger partial charge in [0.25, 0.3) is 0 Å². The SMILES string of the molecule is CCCCCCNC(C(=O)OC)C(C)CC. The Morgan fingerprint density at radius 2 is 1.94 bits per heavy atom. The van der Waals surface area contributed by atoms with Crippen molar-refractivity contribution in [2.45, 2.75) is 58.9 Å². The van der Waals surface area contributed by atoms with Crippen LogP contribution in [0.3, 0.4) is 0 Å². The van der Waals surface area contributed by atoms with E-state index >= 15 is 0 Å². The molecule has 0 fully saturated rings. The van der Waals surface area contributed by atoms with Gasteiger partial charge in [0.1, 0.15) is 6.04 Å². The van der Waals surface area contributed by atoms with Gasteiger partial charge >= 0.3 is 5.97 Å². The van der Waals surface area contributed by atoms with E-state index in [-0.39, 0.29) is 12.0 Å². The molecule has 0 amide bonds. The molecule has 0 saturated heterocycles. The first-order valence-electron chi connectivity index (χ1n) is 6.48. The fourth-order valence-corrected chi connectivity index (χ4v) is 1.69. The normalized spacial score (nSPS) is 14.5. The maximum absolute atomic E-state index is 11.5. The molecule has 0 spiro atoms. The Labute approximate surface area is 99.9 Å². The largest absolute Gasteiger partial charge is 0.468 e. The van der Waals surface area contributed by atoms with E-state index in [2.05, 4.69) is 26.1 Å². The van der Waals surface area contributed by atoms with Gasteiger partial charge in [0.2, 0.25) is 0 Å². The van der Waals surface area contributed by atoms with Crippen molar-refractivity contribution in [3.8, 4) is 0 Å². The van der Waals surface area contributed by atoms with Gasteiger partial charge in [-0.1, -0.05) is 46.5 Å². The quantitative estimate of drug-likeness (QED) is 0.488. The van der Waals surface area contributed by atoms with Crippen LogP contribution in [0.2, 0.25) is 0 Å². The molecule has 0 aliphatic rings. The minimum Gasteiger partial charge on any atom is -0.468 e. The van der Waals surface area contributed by atoms with Crippen molar-refractivity contribution in [1.82, 2.24) is 5.32 Å². The average molecular weight is 229 g/mol. The summed E-state index contributed by atoms with van der Waals surface area (Å²) < 4.78 is 4.81. The third-order valence-corrected chi connectivity index (χ3v) is 3.06. The number of rotatable bonds is 9. The van der Waals surface area contributed by atoms with Crippen LogP contribution >= 0.6 is 0 Å². The molecule has 0 radical (unpaired) electrons. The molecular formula is C13H27NO2. The van der Waals surface area contributed by atoms with Gasteiger partial charge in [-0.15, -0.1) is 0 Å². The van der Waals surface area contributed by atoms with Crippen molar-refractivity contribution in [1.29, 1.82) is 0 Å². The van der Waals surface area contributed by atoms with Gasteiger partial charge in [0, 0.05) is 0 Å². The van der Waals surface area contributed by atoms with Gasteiger partial charge in [-0.2, -0.15) is 0 Å². The number of esters is 1. The maximum atomic E-state index is 11.5. The smallest absolute Gasteiger partial charge is 0.323 e. The zero-order valence-corrected chi connectivity index (χ0v) is 11.2. The molecule has 1 N–H and O–H groups in total. The molecule has 0 bridgehead atoms. The zero-order chi connectivity index (χ0) is 12.4. The Kier molecular flexibility index (Phi) is 9.30. The Balaban J connectivity index is 3.88. The van der Waals surface area contributed by atoms with Gasteiger partial charge in [-0.3, -0.25) is 4.79 Å². The Morgan fingerprint density at radius 1 is 1.25 bits per heavy atom. The lowest BCUT2D eigenvalue weighted by Gasteiger charge is -2.21. The summed E-state index contributed by atoms with van der Waals surface area (Å²) in [7, 11) is 1.45. The second-order valence-corrected chi connectivity index (χ2v) is 4.40. The van der Waals surface area contributed by atoms with E-state index in [9.17, 15) is 4.79 Å². The standard InChI is InChI=1S/C13H27NO2/c1-5-7-8-9-10-14-12(11(3)6-2)13(15)16-4/h11-12,14H,5-10H2,1-4H3. The first kappa shape index (κ1) is 15.4. The van der Waals surface area contributed by atoms with E-state index in [0.29, 0.717) is 5.92 Å². The first-order valence-corrected chi connectivity index (χ1v) is 6.48. The molecule has 2 atom stereocenters. The highest BCUT2D eigenvalue weighted by Gasteiger charge is 2.23. The van der Waals surface area contributed by atoms with Crippen LogP contribution < -0.4 is 5.32 Å². The summed E-state index contributed by atoms with van der Waals surface area (Å²) in [6.07, 6.45) is 5.87. The van der Waals surface area contributed by atoms with Crippen molar-refractivity contribution >= 4 is 5.97 Å². The summed E-state index contributed by atoms with van der Waals surface area (Å²) in [4.78, 5) is 11.5. The lowest BCUT2D eigenvalue weighted by Crippen LogP contribution is -2.42. The number of nitrogens with one attached hydrogen (secondary N) is 1. The minimum atomic E-state index is -0.142. The van der Waals surface area contributed by atoms with E-state index in [1.807, 2.05) is 0 Å². The molecule has 3 nitrogen and oxygen atoms in total. The molecule has 0 aromatic rings. The third-order valence-electron chi connectivity index (χ3n) is 3.06. The van der Waals surface area contributed by atoms with E-state index in [0.717, 1.165) is 19.4 Å². The molecule has 0 aromatic carbocycles. The summed E-state index contributed by atoms with van der Waals surface area (Å²) in [5.41, 5.74) is 0. The predicted octanol–water partition coefficient (Wildman–Crippen LogP) is 2.74. The lowest BCUT2D eigenvalue weighted by atomic mass is 9.99. The number of ether oxygens (including phenoxy) is 1. The Morgan fingerprint density at radius 3 is 2.44 bits per heavy atom. The van der Waals surface area contributed by atoms with Crippen molar-refractivity contribution < 1.29 is 9.53 Å². The van der Waals surface area contributed by atoms with E-state index < -0.39 is 0 Å². The molecule has 0 aliphatic carbocycles. The number of carbonyl (C=O) groups excluding carboxylic acids is 1. The van der Waals surface area contributed by atoms with Crippen LogP contribution in [0, 0.1) is 5.92 Å². The van der Waals surface area contributed by atoms with Crippen LogP contribution in [0.4, 0.5) is 0 Å². The highest BCUT2D eigenvalue weighted by atomic mass is 16.5. The van der Waals surface area contributed by atoms with Crippen LogP contribution in [0.5, 0.6) is 0 Å². The molecule has 3 heteroatoms. The fourth-order valence-electron chi connectivity index (χ4n) is 1.69. The molecule has 0 rings (SSSR count). The molecule has 96 valence electrons. The fraction of sp³-hybridized carbons (Fsp3) is 0.923. The molecule has 0 heterocycles. The summed E-state index contributed by atoms with van der Waals surface area (Å²) >= 11 is 0. The molecule has 0 saturated carbocycles. The van der Waals surface area contributed by atoms with Crippen LogP contribution in [-0.4, -0.2) is 25.7 Å². The monoisotopic (exact) mass is 229 g/mol. The van der Waals surface area contributed by atoms with Crippen LogP contribution in [-0.2, 0) is 9.53 Å². The van der Waals surface area contributed by atoms with Gasteiger partial charge in [0.15, 0.2) is 0 Å². The number of methoxy groups -OCH3 is 1. The van der Waals surface area contributed by atoms with E-state index in [4.69, 9.17) is 4.74 Å². The number of hydrogen-bond donors (Lipinski definition) is 1. The lowest BCUT2D eigenvalue weighted by molar-refractivity contribution is -0.144. The molecule has 2 unspecified atom stereocenters. The maximum Gasteiger partial charge on any atom is 0.323 e. The number of unbranched alkanes of at least 4 members (excludes halogenated alkanes) is 3. The van der Waals surface area contributed by atoms with Crippen molar-refractivity contribution in [2.24, 2.45) is 5.92 Å².